The number of amides is 1. The van der Waals surface area contributed by atoms with E-state index in [9.17, 15) is 4.79 Å². The van der Waals surface area contributed by atoms with E-state index in [1.807, 2.05) is 42.5 Å². The van der Waals surface area contributed by atoms with Crippen molar-refractivity contribution < 1.29 is 9.53 Å². The molecule has 0 saturated heterocycles. The third kappa shape index (κ3) is 4.15. The lowest BCUT2D eigenvalue weighted by atomic mass is 10.0. The van der Waals surface area contributed by atoms with Crippen LogP contribution in [0.4, 0.5) is 0 Å². The number of ether oxygens (including phenoxy) is 1. The fraction of sp³-hybridized carbons (Fsp3) is 0.235. The van der Waals surface area contributed by atoms with E-state index >= 15 is 0 Å². The summed E-state index contributed by atoms with van der Waals surface area (Å²) >= 11 is 0. The second-order valence-corrected chi connectivity index (χ2v) is 4.77. The highest BCUT2D eigenvalue weighted by molar-refractivity contribution is 5.81. The van der Waals surface area contributed by atoms with Gasteiger partial charge in [-0.25, -0.2) is 0 Å². The molecule has 0 radical (unpaired) electrons. The maximum absolute atomic E-state index is 11.6. The third-order valence-corrected chi connectivity index (χ3v) is 3.29. The van der Waals surface area contributed by atoms with Gasteiger partial charge in [0.05, 0.1) is 6.61 Å². The number of primary amides is 1. The molecule has 0 bridgehead atoms. The average molecular weight is 284 g/mol. The number of methoxy groups -OCH3 is 1. The standard InChI is InChI=1S/C17H20N2O2/c1-21-12-11-19-16(17(18)20)15-9-7-14(8-10-15)13-5-3-2-4-6-13/h2-10,16,19H,11-12H2,1H3,(H2,18,20). The first-order chi connectivity index (χ1) is 10.2. The van der Waals surface area contributed by atoms with E-state index in [2.05, 4.69) is 17.4 Å². The van der Waals surface area contributed by atoms with Crippen LogP contribution in [0.25, 0.3) is 11.1 Å². The number of rotatable bonds is 7. The molecule has 3 N–H and O–H groups in total. The molecule has 0 aromatic heterocycles. The van der Waals surface area contributed by atoms with Crippen LogP contribution in [0.2, 0.25) is 0 Å². The second kappa shape index (κ2) is 7.57. The number of nitrogens with one attached hydrogen (secondary N) is 1. The van der Waals surface area contributed by atoms with Gasteiger partial charge in [-0.15, -0.1) is 0 Å². The van der Waals surface area contributed by atoms with Gasteiger partial charge in [0.25, 0.3) is 0 Å². The normalized spacial score (nSPS) is 12.0. The number of nitrogens with two attached hydrogens (primary N) is 1. The van der Waals surface area contributed by atoms with Crippen LogP contribution in [0.15, 0.2) is 54.6 Å². The van der Waals surface area contributed by atoms with Gasteiger partial charge in [-0.2, -0.15) is 0 Å². The van der Waals surface area contributed by atoms with Crippen molar-refractivity contribution in [3.05, 3.63) is 60.2 Å². The molecule has 2 aromatic rings. The van der Waals surface area contributed by atoms with E-state index < -0.39 is 11.9 Å². The largest absolute Gasteiger partial charge is 0.383 e. The molecule has 1 atom stereocenters. The van der Waals surface area contributed by atoms with Crippen LogP contribution in [0.3, 0.4) is 0 Å². The molecule has 0 spiro atoms. The molecule has 0 aliphatic rings. The number of hydrogen-bond acceptors (Lipinski definition) is 3. The van der Waals surface area contributed by atoms with Gasteiger partial charge in [-0.3, -0.25) is 10.1 Å². The van der Waals surface area contributed by atoms with Gasteiger partial charge in [-0.1, -0.05) is 54.6 Å². The van der Waals surface area contributed by atoms with Crippen molar-refractivity contribution in [2.45, 2.75) is 6.04 Å². The smallest absolute Gasteiger partial charge is 0.239 e. The minimum Gasteiger partial charge on any atom is -0.383 e. The fourth-order valence-electron chi connectivity index (χ4n) is 2.19. The lowest BCUT2D eigenvalue weighted by Crippen LogP contribution is -2.35. The summed E-state index contributed by atoms with van der Waals surface area (Å²) < 4.78 is 4.97. The molecule has 21 heavy (non-hydrogen) atoms. The zero-order valence-electron chi connectivity index (χ0n) is 12.1. The van der Waals surface area contributed by atoms with E-state index in [0.29, 0.717) is 13.2 Å². The van der Waals surface area contributed by atoms with Crippen molar-refractivity contribution in [3.63, 3.8) is 0 Å². The van der Waals surface area contributed by atoms with Gasteiger partial charge in [0.15, 0.2) is 0 Å². The Hall–Kier alpha value is -2.17. The molecule has 0 aliphatic carbocycles. The van der Waals surface area contributed by atoms with E-state index in [0.717, 1.165) is 16.7 Å². The molecule has 1 amide bonds. The molecule has 1 unspecified atom stereocenters. The van der Waals surface area contributed by atoms with E-state index in [-0.39, 0.29) is 0 Å². The summed E-state index contributed by atoms with van der Waals surface area (Å²) in [7, 11) is 1.62. The van der Waals surface area contributed by atoms with Crippen LogP contribution in [-0.4, -0.2) is 26.2 Å². The summed E-state index contributed by atoms with van der Waals surface area (Å²) in [5, 5.41) is 3.10. The van der Waals surface area contributed by atoms with Gasteiger partial charge >= 0.3 is 0 Å². The zero-order valence-corrected chi connectivity index (χ0v) is 12.1. The molecule has 2 rings (SSSR count). The Morgan fingerprint density at radius 2 is 1.71 bits per heavy atom. The Balaban J connectivity index is 2.14. The molecule has 4 nitrogen and oxygen atoms in total. The first kappa shape index (κ1) is 15.2. The zero-order chi connectivity index (χ0) is 15.1. The summed E-state index contributed by atoms with van der Waals surface area (Å²) in [6, 6.07) is 17.5. The number of carbonyl (C=O) groups is 1. The topological polar surface area (TPSA) is 64.3 Å². The minimum absolute atomic E-state index is 0.390. The van der Waals surface area contributed by atoms with E-state index in [1.54, 1.807) is 7.11 Å². The quantitative estimate of drug-likeness (QED) is 0.765. The lowest BCUT2D eigenvalue weighted by Gasteiger charge is -2.16. The molecule has 0 saturated carbocycles. The van der Waals surface area contributed by atoms with Crippen molar-refractivity contribution in [1.82, 2.24) is 5.32 Å². The van der Waals surface area contributed by atoms with Gasteiger partial charge in [0.2, 0.25) is 5.91 Å². The Morgan fingerprint density at radius 3 is 2.29 bits per heavy atom. The second-order valence-electron chi connectivity index (χ2n) is 4.77. The Morgan fingerprint density at radius 1 is 1.10 bits per heavy atom. The van der Waals surface area contributed by atoms with Crippen LogP contribution in [-0.2, 0) is 9.53 Å². The van der Waals surface area contributed by atoms with Crippen molar-refractivity contribution in [3.8, 4) is 11.1 Å². The molecule has 0 aliphatic heterocycles. The highest BCUT2D eigenvalue weighted by atomic mass is 16.5. The molecule has 2 aromatic carbocycles. The Bertz CT molecular complexity index is 567. The van der Waals surface area contributed by atoms with Crippen molar-refractivity contribution in [2.75, 3.05) is 20.3 Å². The van der Waals surface area contributed by atoms with Crippen molar-refractivity contribution >= 4 is 5.91 Å². The SMILES string of the molecule is COCCNC(C(N)=O)c1ccc(-c2ccccc2)cc1. The molecular weight excluding hydrogens is 264 g/mol. The Labute approximate surface area is 124 Å². The number of benzene rings is 2. The van der Waals surface area contributed by atoms with Crippen LogP contribution in [0, 0.1) is 0 Å². The van der Waals surface area contributed by atoms with Gasteiger partial charge in [0.1, 0.15) is 6.04 Å². The summed E-state index contributed by atoms with van der Waals surface area (Å²) in [6.45, 7) is 1.11. The predicted molar refractivity (Wildman–Crippen MR) is 83.7 cm³/mol. The van der Waals surface area contributed by atoms with E-state index in [1.165, 1.54) is 0 Å². The molecule has 110 valence electrons. The average Bonchev–Trinajstić information content (AvgIpc) is 2.52. The van der Waals surface area contributed by atoms with E-state index in [4.69, 9.17) is 10.5 Å². The van der Waals surface area contributed by atoms with Crippen LogP contribution in [0.5, 0.6) is 0 Å². The number of carbonyl (C=O) groups excluding carboxylic acids is 1. The molecule has 4 heteroatoms. The number of hydrogen-bond donors (Lipinski definition) is 2. The summed E-state index contributed by atoms with van der Waals surface area (Å²) in [4.78, 5) is 11.6. The monoisotopic (exact) mass is 284 g/mol. The van der Waals surface area contributed by atoms with Gasteiger partial charge in [0, 0.05) is 13.7 Å². The summed E-state index contributed by atoms with van der Waals surface area (Å²) in [5.41, 5.74) is 8.57. The maximum Gasteiger partial charge on any atom is 0.239 e. The van der Waals surface area contributed by atoms with Gasteiger partial charge in [-0.05, 0) is 16.7 Å². The first-order valence-corrected chi connectivity index (χ1v) is 6.89. The van der Waals surface area contributed by atoms with Crippen LogP contribution >= 0.6 is 0 Å². The Kier molecular flexibility index (Phi) is 5.49. The summed E-state index contributed by atoms with van der Waals surface area (Å²) in [6.07, 6.45) is 0. The lowest BCUT2D eigenvalue weighted by molar-refractivity contribution is -0.120. The molecular formula is C17H20N2O2. The fourth-order valence-corrected chi connectivity index (χ4v) is 2.19. The van der Waals surface area contributed by atoms with Crippen LogP contribution < -0.4 is 11.1 Å². The van der Waals surface area contributed by atoms with Gasteiger partial charge < -0.3 is 10.5 Å². The van der Waals surface area contributed by atoms with Crippen molar-refractivity contribution in [1.29, 1.82) is 0 Å². The maximum atomic E-state index is 11.6. The minimum atomic E-state index is -0.495. The molecule has 0 heterocycles. The highest BCUT2D eigenvalue weighted by Gasteiger charge is 2.16. The van der Waals surface area contributed by atoms with Crippen molar-refractivity contribution in [2.24, 2.45) is 5.73 Å². The summed E-state index contributed by atoms with van der Waals surface area (Å²) in [5.74, 6) is -0.390. The highest BCUT2D eigenvalue weighted by Crippen LogP contribution is 2.21. The third-order valence-electron chi connectivity index (χ3n) is 3.29. The van der Waals surface area contributed by atoms with Crippen LogP contribution in [0.1, 0.15) is 11.6 Å². The first-order valence-electron chi connectivity index (χ1n) is 6.89. The molecule has 0 fully saturated rings. The predicted octanol–water partition coefficient (Wildman–Crippen LogP) is 2.12.